The Morgan fingerprint density at radius 3 is 2.80 bits per heavy atom. The predicted molar refractivity (Wildman–Crippen MR) is 58.6 cm³/mol. The van der Waals surface area contributed by atoms with E-state index in [0.717, 1.165) is 19.3 Å². The molecule has 1 atom stereocenters. The molecule has 0 N–H and O–H groups in total. The van der Waals surface area contributed by atoms with Crippen molar-refractivity contribution in [2.24, 2.45) is 0 Å². The van der Waals surface area contributed by atoms with E-state index in [1.807, 2.05) is 0 Å². The Hall–Kier alpha value is 0.160. The molecule has 0 aromatic carbocycles. The van der Waals surface area contributed by atoms with Crippen molar-refractivity contribution in [2.75, 3.05) is 31.4 Å². The highest BCUT2D eigenvalue weighted by atomic mass is 35.5. The molecular formula is C9H16ClNO3S. The third-order valence-corrected chi connectivity index (χ3v) is 5.66. The van der Waals surface area contributed by atoms with E-state index in [-0.39, 0.29) is 17.2 Å². The summed E-state index contributed by atoms with van der Waals surface area (Å²) in [4.78, 5) is 0. The van der Waals surface area contributed by atoms with Gasteiger partial charge in [0.25, 0.3) is 0 Å². The molecule has 6 heteroatoms. The summed E-state index contributed by atoms with van der Waals surface area (Å²) in [6.07, 6.45) is 2.69. The molecule has 1 spiro atoms. The third kappa shape index (κ3) is 2.02. The van der Waals surface area contributed by atoms with Gasteiger partial charge in [-0.1, -0.05) is 0 Å². The van der Waals surface area contributed by atoms with Crippen molar-refractivity contribution >= 4 is 21.6 Å². The fourth-order valence-corrected chi connectivity index (χ4v) is 4.78. The third-order valence-electron chi connectivity index (χ3n) is 3.29. The second-order valence-corrected chi connectivity index (χ2v) is 6.60. The lowest BCUT2D eigenvalue weighted by atomic mass is 9.97. The van der Waals surface area contributed by atoms with Gasteiger partial charge in [-0.2, -0.15) is 4.31 Å². The number of alkyl halides is 1. The van der Waals surface area contributed by atoms with Gasteiger partial charge >= 0.3 is 0 Å². The van der Waals surface area contributed by atoms with Crippen LogP contribution >= 0.6 is 11.6 Å². The van der Waals surface area contributed by atoms with Crippen LogP contribution in [0.2, 0.25) is 0 Å². The summed E-state index contributed by atoms with van der Waals surface area (Å²) >= 11 is 5.52. The van der Waals surface area contributed by atoms with Crippen molar-refractivity contribution in [3.05, 3.63) is 0 Å². The molecule has 88 valence electrons. The Morgan fingerprint density at radius 1 is 1.40 bits per heavy atom. The van der Waals surface area contributed by atoms with Crippen molar-refractivity contribution in [3.8, 4) is 0 Å². The molecule has 0 amide bonds. The largest absolute Gasteiger partial charge is 0.379 e. The zero-order valence-electron chi connectivity index (χ0n) is 8.62. The van der Waals surface area contributed by atoms with E-state index in [1.54, 1.807) is 4.31 Å². The first-order valence-electron chi connectivity index (χ1n) is 5.25. The molecule has 0 radical (unpaired) electrons. The second kappa shape index (κ2) is 4.20. The number of rotatable bonds is 3. The quantitative estimate of drug-likeness (QED) is 0.700. The zero-order chi connectivity index (χ0) is 10.9. The number of ether oxygens (including phenoxy) is 1. The van der Waals surface area contributed by atoms with Gasteiger partial charge < -0.3 is 4.74 Å². The minimum Gasteiger partial charge on any atom is -0.379 e. The maximum absolute atomic E-state index is 12.0. The molecule has 2 aliphatic rings. The van der Waals surface area contributed by atoms with Crippen LogP contribution in [-0.4, -0.2) is 49.7 Å². The van der Waals surface area contributed by atoms with Gasteiger partial charge in [0.2, 0.25) is 10.0 Å². The van der Waals surface area contributed by atoms with Crippen LogP contribution in [0.1, 0.15) is 19.3 Å². The average molecular weight is 254 g/mol. The SMILES string of the molecule is O=S(=O)(CCCl)N1CCCC12CCOC2. The summed E-state index contributed by atoms with van der Waals surface area (Å²) in [6.45, 7) is 1.85. The van der Waals surface area contributed by atoms with E-state index in [1.165, 1.54) is 0 Å². The minimum atomic E-state index is -3.18. The summed E-state index contributed by atoms with van der Waals surface area (Å²) in [7, 11) is -3.18. The normalized spacial score (nSPS) is 32.9. The molecule has 2 aliphatic heterocycles. The Kier molecular flexibility index (Phi) is 3.26. The molecule has 2 fully saturated rings. The van der Waals surface area contributed by atoms with Gasteiger partial charge in [0.1, 0.15) is 0 Å². The molecule has 4 nitrogen and oxygen atoms in total. The maximum Gasteiger partial charge on any atom is 0.215 e. The smallest absolute Gasteiger partial charge is 0.215 e. The maximum atomic E-state index is 12.0. The van der Waals surface area contributed by atoms with Gasteiger partial charge in [-0.3, -0.25) is 0 Å². The lowest BCUT2D eigenvalue weighted by Crippen LogP contribution is -2.48. The Morgan fingerprint density at radius 2 is 2.20 bits per heavy atom. The topological polar surface area (TPSA) is 46.6 Å². The Labute approximate surface area is 95.6 Å². The zero-order valence-corrected chi connectivity index (χ0v) is 10.2. The highest BCUT2D eigenvalue weighted by molar-refractivity contribution is 7.89. The Balaban J connectivity index is 2.21. The first kappa shape index (κ1) is 11.6. The first-order valence-corrected chi connectivity index (χ1v) is 7.39. The number of halogens is 1. The average Bonchev–Trinajstić information content (AvgIpc) is 2.77. The fourth-order valence-electron chi connectivity index (χ4n) is 2.55. The predicted octanol–water partition coefficient (Wildman–Crippen LogP) is 0.810. The van der Waals surface area contributed by atoms with Crippen LogP contribution in [0.4, 0.5) is 0 Å². The summed E-state index contributed by atoms with van der Waals surface area (Å²) in [6, 6.07) is 0. The van der Waals surface area contributed by atoms with E-state index in [0.29, 0.717) is 19.8 Å². The van der Waals surface area contributed by atoms with Gasteiger partial charge in [-0.15, -0.1) is 11.6 Å². The molecule has 0 saturated carbocycles. The molecular weight excluding hydrogens is 238 g/mol. The number of nitrogens with zero attached hydrogens (tertiary/aromatic N) is 1. The van der Waals surface area contributed by atoms with Crippen molar-refractivity contribution < 1.29 is 13.2 Å². The molecule has 2 rings (SSSR count). The van der Waals surface area contributed by atoms with Crippen LogP contribution in [0, 0.1) is 0 Å². The Bertz CT molecular complexity index is 319. The lowest BCUT2D eigenvalue weighted by Gasteiger charge is -2.32. The van der Waals surface area contributed by atoms with E-state index in [9.17, 15) is 8.42 Å². The van der Waals surface area contributed by atoms with Crippen molar-refractivity contribution in [1.82, 2.24) is 4.31 Å². The van der Waals surface area contributed by atoms with Crippen LogP contribution < -0.4 is 0 Å². The molecule has 2 heterocycles. The molecule has 1 unspecified atom stereocenters. The fraction of sp³-hybridized carbons (Fsp3) is 1.00. The van der Waals surface area contributed by atoms with Gasteiger partial charge in [-0.25, -0.2) is 8.42 Å². The van der Waals surface area contributed by atoms with Crippen LogP contribution in [0.5, 0.6) is 0 Å². The molecule has 15 heavy (non-hydrogen) atoms. The molecule has 0 aromatic heterocycles. The van der Waals surface area contributed by atoms with Gasteiger partial charge in [0.15, 0.2) is 0 Å². The van der Waals surface area contributed by atoms with Gasteiger partial charge in [0, 0.05) is 19.0 Å². The molecule has 0 aliphatic carbocycles. The van der Waals surface area contributed by atoms with E-state index < -0.39 is 10.0 Å². The van der Waals surface area contributed by atoms with Gasteiger partial charge in [-0.05, 0) is 19.3 Å². The minimum absolute atomic E-state index is 0.0380. The lowest BCUT2D eigenvalue weighted by molar-refractivity contribution is 0.147. The first-order chi connectivity index (χ1) is 7.11. The second-order valence-electron chi connectivity index (χ2n) is 4.21. The molecule has 0 aromatic rings. The van der Waals surface area contributed by atoms with E-state index >= 15 is 0 Å². The van der Waals surface area contributed by atoms with E-state index in [4.69, 9.17) is 16.3 Å². The van der Waals surface area contributed by atoms with E-state index in [2.05, 4.69) is 0 Å². The van der Waals surface area contributed by atoms with Crippen LogP contribution in [0.3, 0.4) is 0 Å². The summed E-state index contributed by atoms with van der Waals surface area (Å²) in [5.74, 6) is 0.200. The van der Waals surface area contributed by atoms with Gasteiger partial charge in [0.05, 0.1) is 17.9 Å². The highest BCUT2D eigenvalue weighted by Crippen LogP contribution is 2.38. The molecule has 2 saturated heterocycles. The van der Waals surface area contributed by atoms with Crippen molar-refractivity contribution in [2.45, 2.75) is 24.8 Å². The number of sulfonamides is 1. The number of hydrogen-bond acceptors (Lipinski definition) is 3. The van der Waals surface area contributed by atoms with Crippen LogP contribution in [0.25, 0.3) is 0 Å². The summed E-state index contributed by atoms with van der Waals surface area (Å²) in [5, 5.41) is 0. The highest BCUT2D eigenvalue weighted by Gasteiger charge is 2.48. The standard InChI is InChI=1S/C9H16ClNO3S/c10-4-7-15(12,13)11-5-1-2-9(11)3-6-14-8-9/h1-8H2. The van der Waals surface area contributed by atoms with Crippen molar-refractivity contribution in [1.29, 1.82) is 0 Å². The molecule has 0 bridgehead atoms. The van der Waals surface area contributed by atoms with Crippen LogP contribution in [-0.2, 0) is 14.8 Å². The summed E-state index contributed by atoms with van der Waals surface area (Å²) < 4.78 is 30.9. The van der Waals surface area contributed by atoms with Crippen molar-refractivity contribution in [3.63, 3.8) is 0 Å². The monoisotopic (exact) mass is 253 g/mol. The summed E-state index contributed by atoms with van der Waals surface area (Å²) in [5.41, 5.74) is -0.245. The number of hydrogen-bond donors (Lipinski definition) is 0. The van der Waals surface area contributed by atoms with Crippen LogP contribution in [0.15, 0.2) is 0 Å².